The minimum Gasteiger partial charge on any atom is -0.369 e. The molecule has 1 atom stereocenters. The van der Waals surface area contributed by atoms with Gasteiger partial charge in [0.2, 0.25) is 0 Å². The summed E-state index contributed by atoms with van der Waals surface area (Å²) in [5.41, 5.74) is 3.04. The van der Waals surface area contributed by atoms with Gasteiger partial charge in [-0.05, 0) is 37.3 Å². The normalized spacial score (nSPS) is 17.9. The van der Waals surface area contributed by atoms with E-state index < -0.39 is 9.84 Å². The van der Waals surface area contributed by atoms with Crippen LogP contribution >= 0.6 is 11.3 Å². The Morgan fingerprint density at radius 2 is 2.10 bits per heavy atom. The van der Waals surface area contributed by atoms with E-state index in [1.165, 1.54) is 17.7 Å². The quantitative estimate of drug-likeness (QED) is 0.606. The highest BCUT2D eigenvalue weighted by Gasteiger charge is 2.28. The van der Waals surface area contributed by atoms with E-state index in [4.69, 9.17) is 0 Å². The number of benzene rings is 1. The lowest BCUT2D eigenvalue weighted by molar-refractivity contribution is 0.0954. The number of thiophene rings is 1. The Bertz CT molecular complexity index is 1200. The number of sulfone groups is 1. The molecule has 1 aromatic carbocycles. The summed E-state index contributed by atoms with van der Waals surface area (Å²) < 4.78 is 23.4. The molecule has 1 saturated heterocycles. The summed E-state index contributed by atoms with van der Waals surface area (Å²) in [4.78, 5) is 22.8. The van der Waals surface area contributed by atoms with Crippen molar-refractivity contribution in [2.24, 2.45) is 5.92 Å². The fourth-order valence-electron chi connectivity index (χ4n) is 3.78. The number of hydrogen-bond donors (Lipinski definition) is 2. The summed E-state index contributed by atoms with van der Waals surface area (Å²) in [6, 6.07) is 8.04. The first-order chi connectivity index (χ1) is 14.3. The number of amides is 1. The van der Waals surface area contributed by atoms with Gasteiger partial charge < -0.3 is 10.6 Å². The first kappa shape index (κ1) is 20.7. The number of carbonyl (C=O) groups is 1. The average molecular weight is 445 g/mol. The Kier molecular flexibility index (Phi) is 5.75. The molecule has 1 aliphatic heterocycles. The maximum Gasteiger partial charge on any atom is 0.261 e. The molecular formula is C21H24N4O3S2. The molecule has 0 spiro atoms. The van der Waals surface area contributed by atoms with Gasteiger partial charge in [-0.1, -0.05) is 29.8 Å². The Morgan fingerprint density at radius 1 is 1.27 bits per heavy atom. The van der Waals surface area contributed by atoms with Crippen LogP contribution in [-0.2, 0) is 16.4 Å². The lowest BCUT2D eigenvalue weighted by Gasteiger charge is -2.11. The molecule has 0 aliphatic carbocycles. The molecule has 0 radical (unpaired) electrons. The molecule has 30 heavy (non-hydrogen) atoms. The van der Waals surface area contributed by atoms with Gasteiger partial charge in [-0.15, -0.1) is 11.3 Å². The number of aromatic nitrogens is 2. The molecule has 2 aromatic heterocycles. The number of rotatable bonds is 6. The zero-order valence-corrected chi connectivity index (χ0v) is 18.6. The molecule has 4 rings (SSSR count). The van der Waals surface area contributed by atoms with Gasteiger partial charge in [-0.2, -0.15) is 0 Å². The van der Waals surface area contributed by atoms with Gasteiger partial charge in [0.05, 0.1) is 21.8 Å². The third kappa shape index (κ3) is 4.46. The average Bonchev–Trinajstić information content (AvgIpc) is 3.24. The van der Waals surface area contributed by atoms with Crippen LogP contribution in [0, 0.1) is 19.8 Å². The molecule has 3 heterocycles. The van der Waals surface area contributed by atoms with Crippen molar-refractivity contribution in [3.63, 3.8) is 0 Å². The largest absolute Gasteiger partial charge is 0.369 e. The van der Waals surface area contributed by atoms with E-state index in [0.717, 1.165) is 26.9 Å². The van der Waals surface area contributed by atoms with E-state index in [2.05, 4.69) is 26.7 Å². The molecule has 1 fully saturated rings. The molecule has 3 aromatic rings. The SMILES string of the molecule is Cc1cccc(CNC(=O)c2sc3ncnc(NC[C@H]4CCS(=O)(=O)C4)c3c2C)c1. The number of nitrogens with one attached hydrogen (secondary N) is 2. The minimum absolute atomic E-state index is 0.0797. The summed E-state index contributed by atoms with van der Waals surface area (Å²) in [6.45, 7) is 4.92. The molecular weight excluding hydrogens is 420 g/mol. The second-order valence-corrected chi connectivity index (χ2v) is 11.0. The van der Waals surface area contributed by atoms with Crippen LogP contribution in [0.1, 0.15) is 32.8 Å². The highest BCUT2D eigenvalue weighted by molar-refractivity contribution is 7.91. The minimum atomic E-state index is -2.91. The lowest BCUT2D eigenvalue weighted by Crippen LogP contribution is -2.22. The van der Waals surface area contributed by atoms with Crippen molar-refractivity contribution in [2.45, 2.75) is 26.8 Å². The van der Waals surface area contributed by atoms with E-state index in [-0.39, 0.29) is 23.3 Å². The fourth-order valence-corrected chi connectivity index (χ4v) is 6.71. The molecule has 2 N–H and O–H groups in total. The second kappa shape index (κ2) is 8.31. The molecule has 9 heteroatoms. The van der Waals surface area contributed by atoms with Crippen molar-refractivity contribution < 1.29 is 13.2 Å². The van der Waals surface area contributed by atoms with E-state index in [1.54, 1.807) is 0 Å². The third-order valence-electron chi connectivity index (χ3n) is 5.35. The zero-order valence-electron chi connectivity index (χ0n) is 16.9. The Morgan fingerprint density at radius 3 is 2.83 bits per heavy atom. The van der Waals surface area contributed by atoms with Crippen LogP contribution < -0.4 is 10.6 Å². The molecule has 7 nitrogen and oxygen atoms in total. The number of aryl methyl sites for hydroxylation is 2. The van der Waals surface area contributed by atoms with E-state index in [9.17, 15) is 13.2 Å². The summed E-state index contributed by atoms with van der Waals surface area (Å²) in [5.74, 6) is 1.06. The maximum atomic E-state index is 12.8. The zero-order chi connectivity index (χ0) is 21.3. The van der Waals surface area contributed by atoms with Crippen LogP contribution in [0.3, 0.4) is 0 Å². The summed E-state index contributed by atoms with van der Waals surface area (Å²) in [5, 5.41) is 7.09. The van der Waals surface area contributed by atoms with E-state index in [0.29, 0.717) is 30.2 Å². The van der Waals surface area contributed by atoms with Crippen molar-refractivity contribution in [3.8, 4) is 0 Å². The summed E-state index contributed by atoms with van der Waals surface area (Å²) in [7, 11) is -2.91. The molecule has 0 bridgehead atoms. The number of anilines is 1. The van der Waals surface area contributed by atoms with Gasteiger partial charge in [-0.3, -0.25) is 4.79 Å². The predicted octanol–water partition coefficient (Wildman–Crippen LogP) is 3.08. The van der Waals surface area contributed by atoms with Crippen molar-refractivity contribution in [3.05, 3.63) is 52.2 Å². The van der Waals surface area contributed by atoms with Gasteiger partial charge in [0, 0.05) is 13.1 Å². The number of carbonyl (C=O) groups excluding carboxylic acids is 1. The van der Waals surface area contributed by atoms with Crippen LogP contribution in [0.2, 0.25) is 0 Å². The van der Waals surface area contributed by atoms with Crippen molar-refractivity contribution in [1.82, 2.24) is 15.3 Å². The summed E-state index contributed by atoms with van der Waals surface area (Å²) >= 11 is 1.34. The van der Waals surface area contributed by atoms with Crippen LogP contribution in [0.4, 0.5) is 5.82 Å². The van der Waals surface area contributed by atoms with E-state index >= 15 is 0 Å². The molecule has 158 valence electrons. The van der Waals surface area contributed by atoms with Gasteiger partial charge in [0.15, 0.2) is 9.84 Å². The smallest absolute Gasteiger partial charge is 0.261 e. The monoisotopic (exact) mass is 444 g/mol. The van der Waals surface area contributed by atoms with Crippen molar-refractivity contribution >= 4 is 43.1 Å². The number of nitrogens with zero attached hydrogens (tertiary/aromatic N) is 2. The highest BCUT2D eigenvalue weighted by Crippen LogP contribution is 2.33. The van der Waals surface area contributed by atoms with Crippen LogP contribution in [-0.4, -0.2) is 42.3 Å². The lowest BCUT2D eigenvalue weighted by atomic mass is 10.1. The topological polar surface area (TPSA) is 101 Å². The van der Waals surface area contributed by atoms with Crippen molar-refractivity contribution in [2.75, 3.05) is 23.4 Å². The van der Waals surface area contributed by atoms with Gasteiger partial charge in [-0.25, -0.2) is 18.4 Å². The predicted molar refractivity (Wildman–Crippen MR) is 120 cm³/mol. The Balaban J connectivity index is 1.50. The molecule has 1 amide bonds. The molecule has 0 saturated carbocycles. The van der Waals surface area contributed by atoms with Crippen LogP contribution in [0.15, 0.2) is 30.6 Å². The standard InChI is InChI=1S/C21H24N4O3S2/c1-13-4-3-5-15(8-13)9-23-20(26)18-14(2)17-19(24-12-25-21(17)29-18)22-10-16-6-7-30(27,28)11-16/h3-5,8,12,16H,6-7,9-11H2,1-2H3,(H,23,26)(H,22,24,25)/t16-/m1/s1. The first-order valence-corrected chi connectivity index (χ1v) is 12.5. The van der Waals surface area contributed by atoms with Gasteiger partial charge in [0.25, 0.3) is 5.91 Å². The molecule has 0 unspecified atom stereocenters. The van der Waals surface area contributed by atoms with Gasteiger partial charge in [0.1, 0.15) is 17.0 Å². The molecule has 1 aliphatic rings. The third-order valence-corrected chi connectivity index (χ3v) is 8.39. The van der Waals surface area contributed by atoms with Gasteiger partial charge >= 0.3 is 0 Å². The van der Waals surface area contributed by atoms with E-state index in [1.807, 2.05) is 32.0 Å². The van der Waals surface area contributed by atoms with Crippen LogP contribution in [0.25, 0.3) is 10.2 Å². The Labute approximate surface area is 179 Å². The number of fused-ring (bicyclic) bond motifs is 1. The highest BCUT2D eigenvalue weighted by atomic mass is 32.2. The van der Waals surface area contributed by atoms with Crippen molar-refractivity contribution in [1.29, 1.82) is 0 Å². The first-order valence-electron chi connectivity index (χ1n) is 9.84. The maximum absolute atomic E-state index is 12.8. The van der Waals surface area contributed by atoms with Crippen LogP contribution in [0.5, 0.6) is 0 Å². The number of hydrogen-bond acceptors (Lipinski definition) is 7. The fraction of sp³-hybridized carbons (Fsp3) is 0.381. The summed E-state index contributed by atoms with van der Waals surface area (Å²) in [6.07, 6.45) is 2.14. The Hall–Kier alpha value is -2.52. The second-order valence-electron chi connectivity index (χ2n) is 7.78.